The Kier molecular flexibility index (Phi) is 5.41. The van der Waals surface area contributed by atoms with Crippen LogP contribution in [0.15, 0.2) is 60.0 Å². The SMILES string of the molecule is COC(=O)C1=C(C(=O)OC)N(c2ccccc2N2CCCC2)C=CC=C1. The van der Waals surface area contributed by atoms with Crippen molar-refractivity contribution < 1.29 is 19.1 Å². The molecule has 2 aliphatic heterocycles. The predicted octanol–water partition coefficient (Wildman–Crippen LogP) is 2.78. The van der Waals surface area contributed by atoms with Gasteiger partial charge >= 0.3 is 11.9 Å². The van der Waals surface area contributed by atoms with Gasteiger partial charge in [-0.2, -0.15) is 0 Å². The number of hydrogen-bond donors (Lipinski definition) is 0. The molecule has 0 aliphatic carbocycles. The number of para-hydroxylation sites is 2. The van der Waals surface area contributed by atoms with Gasteiger partial charge in [0.25, 0.3) is 0 Å². The second-order valence-electron chi connectivity index (χ2n) is 6.00. The molecule has 2 heterocycles. The topological polar surface area (TPSA) is 59.1 Å². The third kappa shape index (κ3) is 3.35. The van der Waals surface area contributed by atoms with Crippen molar-refractivity contribution in [3.05, 3.63) is 60.0 Å². The van der Waals surface area contributed by atoms with Gasteiger partial charge in [0.1, 0.15) is 5.70 Å². The van der Waals surface area contributed by atoms with Crippen molar-refractivity contribution in [2.45, 2.75) is 12.8 Å². The van der Waals surface area contributed by atoms with E-state index in [2.05, 4.69) is 4.90 Å². The zero-order valence-electron chi connectivity index (χ0n) is 15.0. The molecule has 0 atom stereocenters. The Morgan fingerprint density at radius 3 is 2.23 bits per heavy atom. The first kappa shape index (κ1) is 17.8. The summed E-state index contributed by atoms with van der Waals surface area (Å²) in [6.45, 7) is 1.93. The molecule has 136 valence electrons. The van der Waals surface area contributed by atoms with Crippen LogP contribution in [0.3, 0.4) is 0 Å². The quantitative estimate of drug-likeness (QED) is 0.775. The van der Waals surface area contributed by atoms with Gasteiger partial charge in [-0.25, -0.2) is 9.59 Å². The number of anilines is 2. The number of carbonyl (C=O) groups excluding carboxylic acids is 2. The van der Waals surface area contributed by atoms with Crippen LogP contribution in [0.5, 0.6) is 0 Å². The molecular weight excluding hydrogens is 332 g/mol. The molecule has 1 aromatic carbocycles. The summed E-state index contributed by atoms with van der Waals surface area (Å²) >= 11 is 0. The van der Waals surface area contributed by atoms with E-state index in [1.807, 2.05) is 24.3 Å². The number of nitrogens with zero attached hydrogens (tertiary/aromatic N) is 2. The number of esters is 2. The first-order valence-corrected chi connectivity index (χ1v) is 8.56. The van der Waals surface area contributed by atoms with Crippen LogP contribution in [0.1, 0.15) is 12.8 Å². The van der Waals surface area contributed by atoms with Crippen LogP contribution < -0.4 is 9.80 Å². The Bertz CT molecular complexity index is 789. The number of carbonyl (C=O) groups is 2. The minimum atomic E-state index is -0.599. The van der Waals surface area contributed by atoms with E-state index < -0.39 is 11.9 Å². The Labute approximate surface area is 153 Å². The van der Waals surface area contributed by atoms with Gasteiger partial charge in [0.2, 0.25) is 0 Å². The van der Waals surface area contributed by atoms with Crippen LogP contribution in [0.4, 0.5) is 11.4 Å². The summed E-state index contributed by atoms with van der Waals surface area (Å²) in [5.74, 6) is -1.19. The maximum absolute atomic E-state index is 12.6. The summed E-state index contributed by atoms with van der Waals surface area (Å²) < 4.78 is 9.82. The third-order valence-electron chi connectivity index (χ3n) is 4.48. The van der Waals surface area contributed by atoms with Gasteiger partial charge < -0.3 is 19.3 Å². The fourth-order valence-corrected chi connectivity index (χ4v) is 3.24. The lowest BCUT2D eigenvalue weighted by atomic mass is 10.1. The Hall–Kier alpha value is -3.02. The van der Waals surface area contributed by atoms with Gasteiger partial charge in [-0.1, -0.05) is 18.2 Å². The van der Waals surface area contributed by atoms with Gasteiger partial charge in [0.15, 0.2) is 0 Å². The van der Waals surface area contributed by atoms with Crippen LogP contribution in [0, 0.1) is 0 Å². The fraction of sp³-hybridized carbons (Fsp3) is 0.300. The lowest BCUT2D eigenvalue weighted by Gasteiger charge is -2.29. The molecule has 1 saturated heterocycles. The standard InChI is InChI=1S/C20H22N2O4/c1-25-19(23)15-9-5-6-14-22(18(15)20(24)26-2)17-11-4-3-10-16(17)21-12-7-8-13-21/h3-6,9-11,14H,7-8,12-13H2,1-2H3. The average molecular weight is 354 g/mol. The van der Waals surface area contributed by atoms with Gasteiger partial charge in [-0.15, -0.1) is 0 Å². The molecular formula is C20H22N2O4. The highest BCUT2D eigenvalue weighted by molar-refractivity contribution is 6.06. The molecule has 0 saturated carbocycles. The summed E-state index contributed by atoms with van der Waals surface area (Å²) in [5.41, 5.74) is 2.12. The Morgan fingerprint density at radius 2 is 1.58 bits per heavy atom. The summed E-state index contributed by atoms with van der Waals surface area (Å²) in [6, 6.07) is 7.84. The highest BCUT2D eigenvalue weighted by Crippen LogP contribution is 2.35. The van der Waals surface area contributed by atoms with Crippen LogP contribution >= 0.6 is 0 Å². The molecule has 0 spiro atoms. The molecule has 6 nitrogen and oxygen atoms in total. The van der Waals surface area contributed by atoms with Gasteiger partial charge in [-0.05, 0) is 37.1 Å². The van der Waals surface area contributed by atoms with E-state index in [0.717, 1.165) is 37.3 Å². The lowest BCUT2D eigenvalue weighted by Crippen LogP contribution is -2.29. The molecule has 6 heteroatoms. The predicted molar refractivity (Wildman–Crippen MR) is 99.7 cm³/mol. The van der Waals surface area contributed by atoms with Gasteiger partial charge in [0.05, 0.1) is 31.2 Å². The lowest BCUT2D eigenvalue weighted by molar-refractivity contribution is -0.139. The molecule has 0 aromatic heterocycles. The molecule has 0 N–H and O–H groups in total. The van der Waals surface area contributed by atoms with Crippen molar-refractivity contribution in [2.75, 3.05) is 37.1 Å². The zero-order valence-corrected chi connectivity index (χ0v) is 15.0. The minimum absolute atomic E-state index is 0.135. The third-order valence-corrected chi connectivity index (χ3v) is 4.48. The molecule has 0 amide bonds. The van der Waals surface area contributed by atoms with E-state index in [0.29, 0.717) is 0 Å². The zero-order chi connectivity index (χ0) is 18.5. The second-order valence-corrected chi connectivity index (χ2v) is 6.00. The highest BCUT2D eigenvalue weighted by atomic mass is 16.5. The number of methoxy groups -OCH3 is 2. The number of ether oxygens (including phenoxy) is 2. The Balaban J connectivity index is 2.16. The first-order valence-electron chi connectivity index (χ1n) is 8.56. The first-order chi connectivity index (χ1) is 12.7. The van der Waals surface area contributed by atoms with E-state index in [4.69, 9.17) is 9.47 Å². The van der Waals surface area contributed by atoms with Crippen molar-refractivity contribution in [1.82, 2.24) is 0 Å². The van der Waals surface area contributed by atoms with Crippen LogP contribution in [0.2, 0.25) is 0 Å². The molecule has 1 aromatic rings. The van der Waals surface area contributed by atoms with Crippen LogP contribution in [-0.4, -0.2) is 39.2 Å². The smallest absolute Gasteiger partial charge is 0.355 e. The van der Waals surface area contributed by atoms with Crippen molar-refractivity contribution >= 4 is 23.3 Å². The van der Waals surface area contributed by atoms with Crippen molar-refractivity contribution in [3.63, 3.8) is 0 Å². The number of hydrogen-bond acceptors (Lipinski definition) is 6. The van der Waals surface area contributed by atoms with Crippen LogP contribution in [-0.2, 0) is 19.1 Å². The summed E-state index contributed by atoms with van der Waals surface area (Å²) in [7, 11) is 2.59. The molecule has 0 bridgehead atoms. The molecule has 0 radical (unpaired) electrons. The maximum Gasteiger partial charge on any atom is 0.355 e. The summed E-state index contributed by atoms with van der Waals surface area (Å²) in [6.07, 6.45) is 9.08. The fourth-order valence-electron chi connectivity index (χ4n) is 3.24. The largest absolute Gasteiger partial charge is 0.465 e. The maximum atomic E-state index is 12.6. The van der Waals surface area contributed by atoms with Gasteiger partial charge in [-0.3, -0.25) is 0 Å². The molecule has 26 heavy (non-hydrogen) atoms. The number of allylic oxidation sites excluding steroid dienone is 2. The summed E-state index contributed by atoms with van der Waals surface area (Å²) in [5, 5.41) is 0. The highest BCUT2D eigenvalue weighted by Gasteiger charge is 2.29. The average Bonchev–Trinajstić information content (AvgIpc) is 3.13. The Morgan fingerprint density at radius 1 is 0.923 bits per heavy atom. The summed E-state index contributed by atoms with van der Waals surface area (Å²) in [4.78, 5) is 28.8. The molecule has 3 rings (SSSR count). The molecule has 0 unspecified atom stereocenters. The number of rotatable bonds is 4. The molecule has 1 fully saturated rings. The normalized spacial score (nSPS) is 16.7. The van der Waals surface area contributed by atoms with E-state index in [-0.39, 0.29) is 11.3 Å². The van der Waals surface area contributed by atoms with Crippen LogP contribution in [0.25, 0.3) is 0 Å². The van der Waals surface area contributed by atoms with E-state index >= 15 is 0 Å². The monoisotopic (exact) mass is 354 g/mol. The van der Waals surface area contributed by atoms with Crippen molar-refractivity contribution in [1.29, 1.82) is 0 Å². The van der Waals surface area contributed by atoms with Crippen molar-refractivity contribution in [2.24, 2.45) is 0 Å². The van der Waals surface area contributed by atoms with E-state index in [1.54, 1.807) is 29.3 Å². The minimum Gasteiger partial charge on any atom is -0.465 e. The number of benzene rings is 1. The van der Waals surface area contributed by atoms with Crippen molar-refractivity contribution in [3.8, 4) is 0 Å². The van der Waals surface area contributed by atoms with Gasteiger partial charge in [0, 0.05) is 19.3 Å². The van der Waals surface area contributed by atoms with E-state index in [9.17, 15) is 9.59 Å². The second kappa shape index (κ2) is 7.91. The molecule has 2 aliphatic rings. The van der Waals surface area contributed by atoms with E-state index in [1.165, 1.54) is 14.2 Å².